The minimum atomic E-state index is -0.137. The maximum Gasteiger partial charge on any atom is 0.276 e. The predicted octanol–water partition coefficient (Wildman–Crippen LogP) is 3.03. The fourth-order valence-corrected chi connectivity index (χ4v) is 3.47. The first kappa shape index (κ1) is 14.3. The van der Waals surface area contributed by atoms with Crippen molar-refractivity contribution >= 4 is 38.3 Å². The van der Waals surface area contributed by atoms with E-state index >= 15 is 0 Å². The average molecular weight is 388 g/mol. The van der Waals surface area contributed by atoms with E-state index in [4.69, 9.17) is 4.42 Å². The summed E-state index contributed by atoms with van der Waals surface area (Å²) < 4.78 is 8.58. The van der Waals surface area contributed by atoms with Crippen molar-refractivity contribution in [2.75, 3.05) is 0 Å². The van der Waals surface area contributed by atoms with Crippen molar-refractivity contribution in [3.63, 3.8) is 0 Å². The van der Waals surface area contributed by atoms with E-state index in [1.807, 2.05) is 43.3 Å². The SMILES string of the molecule is Cc1ccc(/C=c2\sc3nnc(-c4ccc(Br)cc4)n3c2=O)o1. The van der Waals surface area contributed by atoms with Crippen LogP contribution < -0.4 is 10.1 Å². The summed E-state index contributed by atoms with van der Waals surface area (Å²) in [7, 11) is 0. The predicted molar refractivity (Wildman–Crippen MR) is 92.5 cm³/mol. The van der Waals surface area contributed by atoms with E-state index in [1.165, 1.54) is 15.7 Å². The molecule has 0 saturated heterocycles. The first-order valence-electron chi connectivity index (χ1n) is 6.84. The zero-order valence-electron chi connectivity index (χ0n) is 12.0. The van der Waals surface area contributed by atoms with E-state index < -0.39 is 0 Å². The van der Waals surface area contributed by atoms with Crippen molar-refractivity contribution in [3.8, 4) is 11.4 Å². The minimum Gasteiger partial charge on any atom is -0.462 e. The van der Waals surface area contributed by atoms with E-state index in [-0.39, 0.29) is 5.56 Å². The summed E-state index contributed by atoms with van der Waals surface area (Å²) >= 11 is 4.70. The number of aromatic nitrogens is 3. The number of benzene rings is 1. The van der Waals surface area contributed by atoms with Crippen LogP contribution in [0.25, 0.3) is 22.4 Å². The second kappa shape index (κ2) is 5.43. The van der Waals surface area contributed by atoms with Crippen LogP contribution in [-0.2, 0) is 0 Å². The standard InChI is InChI=1S/C16H10BrN3O2S/c1-9-2-7-12(22-9)8-13-15(21)20-14(18-19-16(20)23-13)10-3-5-11(17)6-4-10/h2-8H,1H3/b13-8-. The van der Waals surface area contributed by atoms with Crippen molar-refractivity contribution in [2.24, 2.45) is 0 Å². The Morgan fingerprint density at radius 2 is 1.96 bits per heavy atom. The number of halogens is 1. The lowest BCUT2D eigenvalue weighted by molar-refractivity contribution is 0.525. The van der Waals surface area contributed by atoms with Gasteiger partial charge < -0.3 is 4.42 Å². The van der Waals surface area contributed by atoms with Crippen LogP contribution in [0.1, 0.15) is 11.5 Å². The molecule has 3 heterocycles. The fourth-order valence-electron chi connectivity index (χ4n) is 2.31. The third kappa shape index (κ3) is 2.51. The van der Waals surface area contributed by atoms with Gasteiger partial charge in [0.15, 0.2) is 5.82 Å². The van der Waals surface area contributed by atoms with E-state index in [1.54, 1.807) is 6.08 Å². The van der Waals surface area contributed by atoms with Gasteiger partial charge in [0.1, 0.15) is 16.1 Å². The summed E-state index contributed by atoms with van der Waals surface area (Å²) in [5.41, 5.74) is 0.706. The highest BCUT2D eigenvalue weighted by Crippen LogP contribution is 2.20. The molecule has 1 aromatic carbocycles. The van der Waals surface area contributed by atoms with Crippen LogP contribution in [0.2, 0.25) is 0 Å². The second-order valence-electron chi connectivity index (χ2n) is 5.01. The topological polar surface area (TPSA) is 60.4 Å². The van der Waals surface area contributed by atoms with E-state index in [0.717, 1.165) is 15.8 Å². The highest BCUT2D eigenvalue weighted by atomic mass is 79.9. The Balaban J connectivity index is 1.91. The molecular weight excluding hydrogens is 378 g/mol. The van der Waals surface area contributed by atoms with Gasteiger partial charge in [-0.15, -0.1) is 10.2 Å². The number of fused-ring (bicyclic) bond motifs is 1. The Morgan fingerprint density at radius 3 is 2.65 bits per heavy atom. The highest BCUT2D eigenvalue weighted by molar-refractivity contribution is 9.10. The molecular formula is C16H10BrN3O2S. The molecule has 0 spiro atoms. The molecule has 0 amide bonds. The number of aryl methyl sites for hydroxylation is 1. The van der Waals surface area contributed by atoms with Gasteiger partial charge in [-0.2, -0.15) is 0 Å². The zero-order chi connectivity index (χ0) is 16.0. The number of thiazole rings is 1. The van der Waals surface area contributed by atoms with Gasteiger partial charge in [0, 0.05) is 16.1 Å². The monoisotopic (exact) mass is 387 g/mol. The van der Waals surface area contributed by atoms with Crippen molar-refractivity contribution in [1.29, 1.82) is 0 Å². The van der Waals surface area contributed by atoms with Crippen LogP contribution in [0.15, 0.2) is 50.1 Å². The molecule has 114 valence electrons. The summed E-state index contributed by atoms with van der Waals surface area (Å²) in [4.78, 5) is 13.2. The molecule has 0 aliphatic carbocycles. The molecule has 5 nitrogen and oxygen atoms in total. The molecule has 7 heteroatoms. The number of furan rings is 1. The third-order valence-electron chi connectivity index (χ3n) is 3.39. The number of nitrogens with zero attached hydrogens (tertiary/aromatic N) is 3. The van der Waals surface area contributed by atoms with Crippen molar-refractivity contribution in [3.05, 3.63) is 67.3 Å². The Labute approximate surface area is 143 Å². The normalized spacial score (nSPS) is 12.3. The zero-order valence-corrected chi connectivity index (χ0v) is 14.4. The molecule has 0 bridgehead atoms. The van der Waals surface area contributed by atoms with Crippen LogP contribution in [0.3, 0.4) is 0 Å². The Hall–Kier alpha value is -2.25. The van der Waals surface area contributed by atoms with Gasteiger partial charge in [0.25, 0.3) is 5.56 Å². The lowest BCUT2D eigenvalue weighted by Gasteiger charge is -1.96. The molecule has 0 N–H and O–H groups in total. The summed E-state index contributed by atoms with van der Waals surface area (Å²) in [6, 6.07) is 11.3. The lowest BCUT2D eigenvalue weighted by atomic mass is 10.2. The first-order valence-corrected chi connectivity index (χ1v) is 8.45. The minimum absolute atomic E-state index is 0.137. The molecule has 4 aromatic rings. The van der Waals surface area contributed by atoms with Gasteiger partial charge in [-0.1, -0.05) is 39.4 Å². The maximum atomic E-state index is 12.7. The molecule has 23 heavy (non-hydrogen) atoms. The number of hydrogen-bond acceptors (Lipinski definition) is 5. The van der Waals surface area contributed by atoms with Crippen molar-refractivity contribution in [1.82, 2.24) is 14.6 Å². The molecule has 0 fully saturated rings. The Morgan fingerprint density at radius 1 is 1.17 bits per heavy atom. The van der Waals surface area contributed by atoms with Crippen LogP contribution in [0.5, 0.6) is 0 Å². The van der Waals surface area contributed by atoms with Gasteiger partial charge in [-0.25, -0.2) is 4.40 Å². The summed E-state index contributed by atoms with van der Waals surface area (Å²) in [5.74, 6) is 2.01. The van der Waals surface area contributed by atoms with Crippen LogP contribution in [-0.4, -0.2) is 14.6 Å². The van der Waals surface area contributed by atoms with Gasteiger partial charge >= 0.3 is 0 Å². The molecule has 3 aromatic heterocycles. The molecule has 0 atom stereocenters. The summed E-state index contributed by atoms with van der Waals surface area (Å²) in [6.45, 7) is 1.87. The van der Waals surface area contributed by atoms with Gasteiger partial charge in [-0.3, -0.25) is 4.79 Å². The molecule has 4 rings (SSSR count). The van der Waals surface area contributed by atoms with E-state index in [0.29, 0.717) is 21.1 Å². The molecule has 0 saturated carbocycles. The van der Waals surface area contributed by atoms with Crippen molar-refractivity contribution < 1.29 is 4.42 Å². The lowest BCUT2D eigenvalue weighted by Crippen LogP contribution is -2.23. The van der Waals surface area contributed by atoms with E-state index in [2.05, 4.69) is 26.1 Å². The van der Waals surface area contributed by atoms with Gasteiger partial charge in [0.2, 0.25) is 4.96 Å². The smallest absolute Gasteiger partial charge is 0.276 e. The molecule has 0 unspecified atom stereocenters. The first-order chi connectivity index (χ1) is 11.1. The fraction of sp³-hybridized carbons (Fsp3) is 0.0625. The van der Waals surface area contributed by atoms with E-state index in [9.17, 15) is 4.79 Å². The van der Waals surface area contributed by atoms with Crippen LogP contribution >= 0.6 is 27.3 Å². The highest BCUT2D eigenvalue weighted by Gasteiger charge is 2.14. The van der Waals surface area contributed by atoms with Gasteiger partial charge in [-0.05, 0) is 31.2 Å². The van der Waals surface area contributed by atoms with Crippen LogP contribution in [0.4, 0.5) is 0 Å². The number of hydrogen-bond donors (Lipinski definition) is 0. The van der Waals surface area contributed by atoms with Crippen molar-refractivity contribution in [2.45, 2.75) is 6.92 Å². The summed E-state index contributed by atoms with van der Waals surface area (Å²) in [6.07, 6.45) is 1.74. The van der Waals surface area contributed by atoms with Gasteiger partial charge in [0.05, 0.1) is 0 Å². The number of rotatable bonds is 2. The largest absolute Gasteiger partial charge is 0.462 e. The third-order valence-corrected chi connectivity index (χ3v) is 4.87. The quantitative estimate of drug-likeness (QED) is 0.530. The maximum absolute atomic E-state index is 12.7. The summed E-state index contributed by atoms with van der Waals surface area (Å²) in [5, 5.41) is 8.25. The molecule has 0 aliphatic heterocycles. The second-order valence-corrected chi connectivity index (χ2v) is 6.94. The Kier molecular flexibility index (Phi) is 3.39. The average Bonchev–Trinajstić information content (AvgIpc) is 3.20. The molecule has 0 radical (unpaired) electrons. The van der Waals surface area contributed by atoms with Crippen LogP contribution in [0, 0.1) is 6.92 Å². The Bertz CT molecular complexity index is 1110. The molecule has 0 aliphatic rings.